The molecule has 1 fully saturated rings. The second-order valence-corrected chi connectivity index (χ2v) is 6.28. The maximum Gasteiger partial charge on any atom is 0.257 e. The molecule has 1 saturated heterocycles. The van der Waals surface area contributed by atoms with Crippen molar-refractivity contribution in [2.45, 2.75) is 0 Å². The van der Waals surface area contributed by atoms with Crippen molar-refractivity contribution in [1.82, 2.24) is 4.90 Å². The van der Waals surface area contributed by atoms with E-state index in [1.807, 2.05) is 12.1 Å². The van der Waals surface area contributed by atoms with Crippen molar-refractivity contribution in [3.05, 3.63) is 53.1 Å². The minimum atomic E-state index is -0.0836. The molecule has 2 aromatic rings. The van der Waals surface area contributed by atoms with Gasteiger partial charge in [-0.05, 0) is 42.5 Å². The fraction of sp³-hybridized carbons (Fsp3) is 0.263. The smallest absolute Gasteiger partial charge is 0.257 e. The Morgan fingerprint density at radius 1 is 1.12 bits per heavy atom. The van der Waals surface area contributed by atoms with Crippen molar-refractivity contribution in [3.63, 3.8) is 0 Å². The Hall–Kier alpha value is -2.82. The third-order valence-corrected chi connectivity index (χ3v) is 4.58. The third kappa shape index (κ3) is 3.87. The van der Waals surface area contributed by atoms with Gasteiger partial charge in [0.1, 0.15) is 5.75 Å². The standard InChI is InChI=1S/C19H18ClN3O3/c1-26-18-7-2-14(20)12-17(18)19(25)23-10-8-22(9-11-23)16-5-3-15(4-6-16)21-13-24/h2-7,12H,8-11H2,1H3. The Kier molecular flexibility index (Phi) is 5.56. The highest BCUT2D eigenvalue weighted by atomic mass is 35.5. The third-order valence-electron chi connectivity index (χ3n) is 4.35. The van der Waals surface area contributed by atoms with E-state index < -0.39 is 0 Å². The van der Waals surface area contributed by atoms with Gasteiger partial charge in [-0.3, -0.25) is 4.79 Å². The average molecular weight is 372 g/mol. The Morgan fingerprint density at radius 2 is 1.81 bits per heavy atom. The van der Waals surface area contributed by atoms with E-state index in [-0.39, 0.29) is 5.91 Å². The average Bonchev–Trinajstić information content (AvgIpc) is 2.68. The highest BCUT2D eigenvalue weighted by molar-refractivity contribution is 6.31. The molecule has 26 heavy (non-hydrogen) atoms. The molecule has 2 aromatic carbocycles. The molecule has 0 saturated carbocycles. The number of carbonyl (C=O) groups is 1. The summed E-state index contributed by atoms with van der Waals surface area (Å²) in [5.74, 6) is 0.438. The monoisotopic (exact) mass is 371 g/mol. The van der Waals surface area contributed by atoms with Crippen LogP contribution in [-0.2, 0) is 4.79 Å². The van der Waals surface area contributed by atoms with E-state index in [9.17, 15) is 9.59 Å². The van der Waals surface area contributed by atoms with Gasteiger partial charge in [0.05, 0.1) is 18.4 Å². The summed E-state index contributed by atoms with van der Waals surface area (Å²) in [5.41, 5.74) is 2.08. The van der Waals surface area contributed by atoms with Crippen LogP contribution in [0.2, 0.25) is 5.02 Å². The summed E-state index contributed by atoms with van der Waals surface area (Å²) in [5, 5.41) is 0.505. The number of piperazine rings is 1. The van der Waals surface area contributed by atoms with E-state index in [1.54, 1.807) is 35.2 Å². The van der Waals surface area contributed by atoms with Crippen LogP contribution in [0, 0.1) is 0 Å². The molecular weight excluding hydrogens is 354 g/mol. The fourth-order valence-corrected chi connectivity index (χ4v) is 3.15. The molecule has 1 heterocycles. The zero-order valence-corrected chi connectivity index (χ0v) is 15.1. The first-order chi connectivity index (χ1) is 12.6. The quantitative estimate of drug-likeness (QED) is 0.611. The lowest BCUT2D eigenvalue weighted by Crippen LogP contribution is -2.48. The van der Waals surface area contributed by atoms with Crippen LogP contribution in [0.15, 0.2) is 47.5 Å². The lowest BCUT2D eigenvalue weighted by molar-refractivity contribution is 0.0743. The van der Waals surface area contributed by atoms with Gasteiger partial charge >= 0.3 is 0 Å². The molecule has 0 radical (unpaired) electrons. The van der Waals surface area contributed by atoms with Gasteiger partial charge in [0.25, 0.3) is 5.91 Å². The van der Waals surface area contributed by atoms with Crippen molar-refractivity contribution < 1.29 is 14.3 Å². The topological polar surface area (TPSA) is 62.2 Å². The molecule has 1 aliphatic heterocycles. The maximum absolute atomic E-state index is 12.8. The Labute approximate surface area is 156 Å². The summed E-state index contributed by atoms with van der Waals surface area (Å²) in [6, 6.07) is 12.4. The second-order valence-electron chi connectivity index (χ2n) is 5.84. The number of hydrogen-bond acceptors (Lipinski definition) is 5. The van der Waals surface area contributed by atoms with Crippen LogP contribution in [0.1, 0.15) is 10.4 Å². The number of hydrogen-bond donors (Lipinski definition) is 0. The fourth-order valence-electron chi connectivity index (χ4n) is 2.98. The van der Waals surface area contributed by atoms with Gasteiger partial charge in [-0.25, -0.2) is 4.79 Å². The van der Waals surface area contributed by atoms with Gasteiger partial charge in [0.15, 0.2) is 0 Å². The number of amides is 1. The van der Waals surface area contributed by atoms with Crippen molar-refractivity contribution in [3.8, 4) is 5.75 Å². The molecule has 0 atom stereocenters. The molecule has 3 rings (SSSR count). The molecule has 0 aliphatic carbocycles. The molecule has 7 heteroatoms. The summed E-state index contributed by atoms with van der Waals surface area (Å²) in [4.78, 5) is 30.7. The number of ether oxygens (including phenoxy) is 1. The van der Waals surface area contributed by atoms with Gasteiger partial charge < -0.3 is 14.5 Å². The van der Waals surface area contributed by atoms with E-state index in [2.05, 4.69) is 9.89 Å². The zero-order chi connectivity index (χ0) is 18.5. The molecule has 0 unspecified atom stereocenters. The maximum atomic E-state index is 12.8. The van der Waals surface area contributed by atoms with Crippen molar-refractivity contribution in [2.75, 3.05) is 38.2 Å². The number of halogens is 1. The predicted molar refractivity (Wildman–Crippen MR) is 100 cm³/mol. The molecule has 0 bridgehead atoms. The minimum absolute atomic E-state index is 0.0836. The summed E-state index contributed by atoms with van der Waals surface area (Å²) in [6.07, 6.45) is 1.53. The van der Waals surface area contributed by atoms with Crippen LogP contribution in [0.25, 0.3) is 0 Å². The molecule has 1 aliphatic rings. The van der Waals surface area contributed by atoms with E-state index in [1.165, 1.54) is 13.2 Å². The number of carbonyl (C=O) groups excluding carboxylic acids is 2. The van der Waals surface area contributed by atoms with E-state index in [4.69, 9.17) is 16.3 Å². The number of nitrogens with zero attached hydrogens (tertiary/aromatic N) is 3. The molecule has 0 aromatic heterocycles. The van der Waals surface area contributed by atoms with Crippen molar-refractivity contribution in [1.29, 1.82) is 0 Å². The molecule has 0 N–H and O–H groups in total. The molecule has 1 amide bonds. The summed E-state index contributed by atoms with van der Waals surface area (Å²) < 4.78 is 5.28. The first-order valence-corrected chi connectivity index (χ1v) is 8.56. The SMILES string of the molecule is COc1ccc(Cl)cc1C(=O)N1CCN(c2ccc(N=C=O)cc2)CC1. The number of rotatable bonds is 4. The van der Waals surface area contributed by atoms with Crippen LogP contribution in [-0.4, -0.2) is 50.2 Å². The number of anilines is 1. The molecule has 0 spiro atoms. The lowest BCUT2D eigenvalue weighted by Gasteiger charge is -2.36. The first-order valence-electron chi connectivity index (χ1n) is 8.18. The normalized spacial score (nSPS) is 13.9. The highest BCUT2D eigenvalue weighted by Gasteiger charge is 2.24. The number of aliphatic imine (C=N–C) groups is 1. The molecule has 134 valence electrons. The van der Waals surface area contributed by atoms with Gasteiger partial charge in [-0.2, -0.15) is 4.99 Å². The number of benzene rings is 2. The first kappa shape index (κ1) is 18.0. The Balaban J connectivity index is 1.67. The van der Waals surface area contributed by atoms with Crippen LogP contribution < -0.4 is 9.64 Å². The Morgan fingerprint density at radius 3 is 2.42 bits per heavy atom. The van der Waals surface area contributed by atoms with E-state index in [0.717, 1.165) is 5.69 Å². The van der Waals surface area contributed by atoms with E-state index >= 15 is 0 Å². The summed E-state index contributed by atoms with van der Waals surface area (Å²) in [7, 11) is 1.54. The van der Waals surface area contributed by atoms with Crippen LogP contribution >= 0.6 is 11.6 Å². The predicted octanol–water partition coefficient (Wildman–Crippen LogP) is 3.28. The van der Waals surface area contributed by atoms with Crippen molar-refractivity contribution in [2.24, 2.45) is 4.99 Å². The highest BCUT2D eigenvalue weighted by Crippen LogP contribution is 2.25. The molecular formula is C19H18ClN3O3. The molecule has 6 nitrogen and oxygen atoms in total. The number of isocyanates is 1. The van der Waals surface area contributed by atoms with Gasteiger partial charge in [-0.1, -0.05) is 11.6 Å². The summed E-state index contributed by atoms with van der Waals surface area (Å²) in [6.45, 7) is 2.63. The van der Waals surface area contributed by atoms with Gasteiger partial charge in [-0.15, -0.1) is 0 Å². The Bertz CT molecular complexity index is 840. The summed E-state index contributed by atoms with van der Waals surface area (Å²) >= 11 is 6.03. The minimum Gasteiger partial charge on any atom is -0.496 e. The van der Waals surface area contributed by atoms with Crippen LogP contribution in [0.4, 0.5) is 11.4 Å². The lowest BCUT2D eigenvalue weighted by atomic mass is 10.1. The zero-order valence-electron chi connectivity index (χ0n) is 14.3. The van der Waals surface area contributed by atoms with Crippen molar-refractivity contribution >= 4 is 35.0 Å². The van der Waals surface area contributed by atoms with Gasteiger partial charge in [0, 0.05) is 36.9 Å². The number of methoxy groups -OCH3 is 1. The van der Waals surface area contributed by atoms with E-state index in [0.29, 0.717) is 48.2 Å². The van der Waals surface area contributed by atoms with Crippen LogP contribution in [0.3, 0.4) is 0 Å². The largest absolute Gasteiger partial charge is 0.496 e. The second kappa shape index (κ2) is 8.04. The van der Waals surface area contributed by atoms with Crippen LogP contribution in [0.5, 0.6) is 5.75 Å². The van der Waals surface area contributed by atoms with Gasteiger partial charge in [0.2, 0.25) is 6.08 Å².